The molecule has 1 amide bonds. The molecule has 0 spiro atoms. The summed E-state index contributed by atoms with van der Waals surface area (Å²) >= 11 is 0. The lowest BCUT2D eigenvalue weighted by atomic mass is 10.0. The first-order chi connectivity index (χ1) is 8.18. The number of rotatable bonds is 4. The first-order valence-electron chi connectivity index (χ1n) is 7.20. The summed E-state index contributed by atoms with van der Waals surface area (Å²) in [6.07, 6.45) is 1.31. The maximum Gasteiger partial charge on any atom is 0.237 e. The van der Waals surface area contributed by atoms with E-state index in [9.17, 15) is 4.79 Å². The van der Waals surface area contributed by atoms with E-state index >= 15 is 0 Å². The van der Waals surface area contributed by atoms with E-state index in [1.54, 1.807) is 0 Å². The highest BCUT2D eigenvalue weighted by molar-refractivity contribution is 5.80. The van der Waals surface area contributed by atoms with Gasteiger partial charge in [0.15, 0.2) is 0 Å². The number of nitrogens with zero attached hydrogens (tertiary/aromatic N) is 1. The molecule has 1 unspecified atom stereocenters. The van der Waals surface area contributed by atoms with Crippen molar-refractivity contribution in [2.45, 2.75) is 54.1 Å². The Bertz CT molecular complexity index is 332. The van der Waals surface area contributed by atoms with Crippen LogP contribution in [0.3, 0.4) is 0 Å². The van der Waals surface area contributed by atoms with Crippen LogP contribution in [0, 0.1) is 22.7 Å². The third-order valence-corrected chi connectivity index (χ3v) is 5.58. The van der Waals surface area contributed by atoms with Crippen LogP contribution in [0.1, 0.15) is 48.0 Å². The third kappa shape index (κ3) is 2.07. The molecule has 2 fully saturated rings. The molecule has 3 nitrogen and oxygen atoms in total. The van der Waals surface area contributed by atoms with Gasteiger partial charge in [-0.3, -0.25) is 10.1 Å². The van der Waals surface area contributed by atoms with Gasteiger partial charge in [0, 0.05) is 6.54 Å². The number of hydrogen-bond donors (Lipinski definition) is 1. The summed E-state index contributed by atoms with van der Waals surface area (Å²) in [4.78, 5) is 14.1. The van der Waals surface area contributed by atoms with Crippen LogP contribution < -0.4 is 5.32 Å². The van der Waals surface area contributed by atoms with Gasteiger partial charge in [-0.05, 0) is 29.1 Å². The summed E-state index contributed by atoms with van der Waals surface area (Å²) < 4.78 is 0. The van der Waals surface area contributed by atoms with Crippen molar-refractivity contribution in [3.63, 3.8) is 0 Å². The average molecular weight is 252 g/mol. The highest BCUT2D eigenvalue weighted by atomic mass is 16.2. The van der Waals surface area contributed by atoms with Crippen LogP contribution in [0.25, 0.3) is 0 Å². The van der Waals surface area contributed by atoms with E-state index in [1.165, 1.54) is 0 Å². The van der Waals surface area contributed by atoms with Crippen molar-refractivity contribution in [1.82, 2.24) is 10.2 Å². The van der Waals surface area contributed by atoms with Gasteiger partial charge in [0.2, 0.25) is 5.91 Å². The fourth-order valence-electron chi connectivity index (χ4n) is 3.46. The van der Waals surface area contributed by atoms with Crippen LogP contribution in [0.4, 0.5) is 0 Å². The Morgan fingerprint density at radius 2 is 1.83 bits per heavy atom. The van der Waals surface area contributed by atoms with Crippen molar-refractivity contribution in [1.29, 1.82) is 0 Å². The predicted octanol–water partition coefficient (Wildman–Crippen LogP) is 2.47. The van der Waals surface area contributed by atoms with Crippen LogP contribution in [0.5, 0.6) is 0 Å². The van der Waals surface area contributed by atoms with E-state index in [0.717, 1.165) is 13.0 Å². The molecule has 2 rings (SSSR count). The lowest BCUT2D eigenvalue weighted by Gasteiger charge is -2.26. The molecule has 1 saturated heterocycles. The molecule has 0 aromatic heterocycles. The molecule has 2 aliphatic rings. The summed E-state index contributed by atoms with van der Waals surface area (Å²) in [6, 6.07) is 0. The summed E-state index contributed by atoms with van der Waals surface area (Å²) in [5, 5.41) is 3.35. The van der Waals surface area contributed by atoms with E-state index in [0.29, 0.717) is 29.2 Å². The average Bonchev–Trinajstić information content (AvgIpc) is 2.52. The van der Waals surface area contributed by atoms with Crippen molar-refractivity contribution in [3.05, 3.63) is 0 Å². The van der Waals surface area contributed by atoms with Crippen LogP contribution >= 0.6 is 0 Å². The molecule has 18 heavy (non-hydrogen) atoms. The van der Waals surface area contributed by atoms with Crippen LogP contribution in [-0.4, -0.2) is 30.1 Å². The zero-order valence-corrected chi connectivity index (χ0v) is 12.7. The molecule has 1 heterocycles. The summed E-state index contributed by atoms with van der Waals surface area (Å²) in [5.41, 5.74) is 0.719. The molecule has 1 aliphatic heterocycles. The Kier molecular flexibility index (Phi) is 3.25. The van der Waals surface area contributed by atoms with Gasteiger partial charge in [0.05, 0.1) is 12.7 Å². The minimum Gasteiger partial charge on any atom is -0.326 e. The molecule has 1 aliphatic carbocycles. The van der Waals surface area contributed by atoms with Gasteiger partial charge in [-0.25, -0.2) is 0 Å². The fraction of sp³-hybridized carbons (Fsp3) is 0.933. The van der Waals surface area contributed by atoms with Crippen molar-refractivity contribution >= 4 is 5.91 Å². The zero-order valence-electron chi connectivity index (χ0n) is 12.7. The molecule has 1 saturated carbocycles. The zero-order chi connectivity index (χ0) is 13.7. The molecule has 104 valence electrons. The highest BCUT2D eigenvalue weighted by Gasteiger charge is 2.65. The normalized spacial score (nSPS) is 30.3. The second-order valence-electron chi connectivity index (χ2n) is 7.57. The Morgan fingerprint density at radius 1 is 1.28 bits per heavy atom. The molecular weight excluding hydrogens is 224 g/mol. The molecule has 0 bridgehead atoms. The number of carbonyl (C=O) groups is 1. The Balaban J connectivity index is 2.01. The molecule has 0 aromatic carbocycles. The second-order valence-corrected chi connectivity index (χ2v) is 7.57. The van der Waals surface area contributed by atoms with E-state index < -0.39 is 0 Å². The Morgan fingerprint density at radius 3 is 2.28 bits per heavy atom. The van der Waals surface area contributed by atoms with Crippen LogP contribution in [0.15, 0.2) is 0 Å². The molecule has 3 heteroatoms. The van der Waals surface area contributed by atoms with Crippen molar-refractivity contribution in [2.75, 3.05) is 13.1 Å². The number of hydrogen-bond acceptors (Lipinski definition) is 2. The second kappa shape index (κ2) is 4.22. The van der Waals surface area contributed by atoms with Crippen LogP contribution in [0.2, 0.25) is 0 Å². The molecule has 0 aromatic rings. The lowest BCUT2D eigenvalue weighted by Crippen LogP contribution is -2.40. The summed E-state index contributed by atoms with van der Waals surface area (Å²) in [5.74, 6) is 1.53. The van der Waals surface area contributed by atoms with Gasteiger partial charge in [0.25, 0.3) is 0 Å². The number of amides is 1. The SMILES string of the molecule is CC(C)CC1NCC(=O)N1CC1C(C)(C)C1(C)C. The van der Waals surface area contributed by atoms with Gasteiger partial charge < -0.3 is 4.90 Å². The molecule has 0 radical (unpaired) electrons. The van der Waals surface area contributed by atoms with Crippen molar-refractivity contribution in [2.24, 2.45) is 22.7 Å². The minimum absolute atomic E-state index is 0.254. The summed E-state index contributed by atoms with van der Waals surface area (Å²) in [7, 11) is 0. The third-order valence-electron chi connectivity index (χ3n) is 5.58. The van der Waals surface area contributed by atoms with Gasteiger partial charge in [-0.2, -0.15) is 0 Å². The largest absolute Gasteiger partial charge is 0.326 e. The lowest BCUT2D eigenvalue weighted by molar-refractivity contribution is -0.128. The predicted molar refractivity (Wildman–Crippen MR) is 74.0 cm³/mol. The molecule has 1 atom stereocenters. The van der Waals surface area contributed by atoms with Gasteiger partial charge in [-0.15, -0.1) is 0 Å². The van der Waals surface area contributed by atoms with Crippen molar-refractivity contribution in [3.8, 4) is 0 Å². The fourth-order valence-corrected chi connectivity index (χ4v) is 3.46. The van der Waals surface area contributed by atoms with E-state index in [-0.39, 0.29) is 12.1 Å². The van der Waals surface area contributed by atoms with E-state index in [1.807, 2.05) is 0 Å². The van der Waals surface area contributed by atoms with Gasteiger partial charge in [-0.1, -0.05) is 41.5 Å². The standard InChI is InChI=1S/C15H28N2O/c1-10(2)7-12-16-8-13(18)17(12)9-11-14(3,4)15(11,5)6/h10-12,16H,7-9H2,1-6H3. The van der Waals surface area contributed by atoms with E-state index in [4.69, 9.17) is 0 Å². The monoisotopic (exact) mass is 252 g/mol. The molecule has 1 N–H and O–H groups in total. The topological polar surface area (TPSA) is 32.3 Å². The van der Waals surface area contributed by atoms with Gasteiger partial charge in [0.1, 0.15) is 0 Å². The first-order valence-corrected chi connectivity index (χ1v) is 7.20. The first kappa shape index (κ1) is 13.9. The summed E-state index contributed by atoms with van der Waals surface area (Å²) in [6.45, 7) is 15.2. The smallest absolute Gasteiger partial charge is 0.237 e. The Hall–Kier alpha value is -0.570. The Labute approximate surface area is 111 Å². The van der Waals surface area contributed by atoms with Crippen molar-refractivity contribution < 1.29 is 4.79 Å². The quantitative estimate of drug-likeness (QED) is 0.833. The minimum atomic E-state index is 0.254. The van der Waals surface area contributed by atoms with Crippen LogP contribution in [-0.2, 0) is 4.79 Å². The molecular formula is C15H28N2O. The number of nitrogens with one attached hydrogen (secondary N) is 1. The highest BCUT2D eigenvalue weighted by Crippen LogP contribution is 2.68. The maximum atomic E-state index is 12.0. The van der Waals surface area contributed by atoms with E-state index in [2.05, 4.69) is 51.8 Å². The van der Waals surface area contributed by atoms with Gasteiger partial charge >= 0.3 is 0 Å². The number of carbonyl (C=O) groups excluding carboxylic acids is 1. The maximum absolute atomic E-state index is 12.0.